The number of esters is 1. The lowest BCUT2D eigenvalue weighted by atomic mass is 10.1. The molecule has 0 radical (unpaired) electrons. The number of nitrogens with one attached hydrogen (secondary N) is 1. The Hall–Kier alpha value is -2.19. The number of hydrogen-bond donors (Lipinski definition) is 1. The Morgan fingerprint density at radius 2 is 2.38 bits per heavy atom. The van der Waals surface area contributed by atoms with Gasteiger partial charge in [-0.2, -0.15) is 0 Å². The zero-order chi connectivity index (χ0) is 17.1. The van der Waals surface area contributed by atoms with E-state index in [1.165, 1.54) is 18.4 Å². The number of carbonyl (C=O) groups is 2. The number of amides is 1. The van der Waals surface area contributed by atoms with Crippen molar-refractivity contribution in [2.24, 2.45) is 0 Å². The van der Waals surface area contributed by atoms with Crippen LogP contribution < -0.4 is 5.32 Å². The highest BCUT2D eigenvalue weighted by Gasteiger charge is 2.32. The van der Waals surface area contributed by atoms with Gasteiger partial charge in [0.2, 0.25) is 5.91 Å². The van der Waals surface area contributed by atoms with E-state index in [1.54, 1.807) is 0 Å². The van der Waals surface area contributed by atoms with Crippen LogP contribution in [0.2, 0.25) is 0 Å². The van der Waals surface area contributed by atoms with Crippen LogP contribution in [0.3, 0.4) is 0 Å². The fourth-order valence-corrected chi connectivity index (χ4v) is 3.44. The standard InChI is InChI=1S/C16H19N3O4S/c1-10-3-4-13(23-10)16-18-11(9-24-16)8-19-6-5-17-15(21)12(19)7-14(20)22-2/h3-4,9,12H,5-8H2,1-2H3,(H,17,21)/t12-/m1/s1. The molecule has 1 aliphatic rings. The number of furan rings is 1. The van der Waals surface area contributed by atoms with Gasteiger partial charge in [-0.25, -0.2) is 4.98 Å². The SMILES string of the molecule is COC(=O)C[C@@H]1C(=O)NCCN1Cc1csc(-c2ccc(C)o2)n1. The Bertz CT molecular complexity index is 739. The summed E-state index contributed by atoms with van der Waals surface area (Å²) >= 11 is 1.50. The summed E-state index contributed by atoms with van der Waals surface area (Å²) in [5.74, 6) is 1.04. The maximum Gasteiger partial charge on any atom is 0.307 e. The van der Waals surface area contributed by atoms with Gasteiger partial charge in [0.15, 0.2) is 10.8 Å². The number of rotatable bonds is 5. The van der Waals surface area contributed by atoms with Gasteiger partial charge in [0.25, 0.3) is 0 Å². The van der Waals surface area contributed by atoms with E-state index in [2.05, 4.69) is 10.3 Å². The first-order valence-electron chi connectivity index (χ1n) is 7.66. The van der Waals surface area contributed by atoms with Gasteiger partial charge in [0, 0.05) is 25.0 Å². The van der Waals surface area contributed by atoms with Crippen LogP contribution in [0.15, 0.2) is 21.9 Å². The fraction of sp³-hybridized carbons (Fsp3) is 0.438. The molecule has 0 bridgehead atoms. The Balaban J connectivity index is 1.72. The molecule has 1 atom stereocenters. The van der Waals surface area contributed by atoms with Crippen LogP contribution in [-0.4, -0.2) is 48.0 Å². The van der Waals surface area contributed by atoms with Crippen molar-refractivity contribution >= 4 is 23.2 Å². The molecule has 1 fully saturated rings. The fourth-order valence-electron chi connectivity index (χ4n) is 2.66. The van der Waals surface area contributed by atoms with Crippen LogP contribution in [0.5, 0.6) is 0 Å². The van der Waals surface area contributed by atoms with Gasteiger partial charge >= 0.3 is 5.97 Å². The van der Waals surface area contributed by atoms with E-state index in [-0.39, 0.29) is 12.3 Å². The summed E-state index contributed by atoms with van der Waals surface area (Å²) in [7, 11) is 1.32. The van der Waals surface area contributed by atoms with Gasteiger partial charge in [-0.05, 0) is 19.1 Å². The number of carbonyl (C=O) groups excluding carboxylic acids is 2. The predicted octanol–water partition coefficient (Wildman–Crippen LogP) is 1.58. The monoisotopic (exact) mass is 349 g/mol. The molecule has 0 aliphatic carbocycles. The van der Waals surface area contributed by atoms with Crippen LogP contribution in [0.4, 0.5) is 0 Å². The number of ether oxygens (including phenoxy) is 1. The average Bonchev–Trinajstić information content (AvgIpc) is 3.19. The second-order valence-corrected chi connectivity index (χ2v) is 6.47. The molecule has 1 aliphatic heterocycles. The van der Waals surface area contributed by atoms with Gasteiger partial charge in [-0.3, -0.25) is 14.5 Å². The summed E-state index contributed by atoms with van der Waals surface area (Å²) in [4.78, 5) is 30.2. The highest BCUT2D eigenvalue weighted by atomic mass is 32.1. The van der Waals surface area contributed by atoms with E-state index in [1.807, 2.05) is 29.3 Å². The molecule has 3 heterocycles. The summed E-state index contributed by atoms with van der Waals surface area (Å²) in [6, 6.07) is 3.27. The van der Waals surface area contributed by atoms with Crippen molar-refractivity contribution in [1.29, 1.82) is 0 Å². The zero-order valence-electron chi connectivity index (χ0n) is 13.6. The Morgan fingerprint density at radius 1 is 1.54 bits per heavy atom. The van der Waals surface area contributed by atoms with Crippen LogP contribution >= 0.6 is 11.3 Å². The lowest BCUT2D eigenvalue weighted by Crippen LogP contribution is -2.55. The normalized spacial score (nSPS) is 18.4. The molecule has 3 rings (SSSR count). The van der Waals surface area contributed by atoms with E-state index in [0.29, 0.717) is 19.6 Å². The maximum absolute atomic E-state index is 12.1. The maximum atomic E-state index is 12.1. The molecular weight excluding hydrogens is 330 g/mol. The summed E-state index contributed by atoms with van der Waals surface area (Å²) in [5.41, 5.74) is 0.855. The minimum absolute atomic E-state index is 0.0384. The molecule has 2 aromatic rings. The van der Waals surface area contributed by atoms with Crippen LogP contribution in [-0.2, 0) is 20.9 Å². The number of methoxy groups -OCH3 is 1. The van der Waals surface area contributed by atoms with Gasteiger partial charge < -0.3 is 14.5 Å². The average molecular weight is 349 g/mol. The van der Waals surface area contributed by atoms with E-state index in [9.17, 15) is 9.59 Å². The highest BCUT2D eigenvalue weighted by molar-refractivity contribution is 7.13. The molecule has 1 N–H and O–H groups in total. The minimum atomic E-state index is -0.526. The first-order chi connectivity index (χ1) is 11.6. The van der Waals surface area contributed by atoms with E-state index in [0.717, 1.165) is 22.2 Å². The molecule has 0 spiro atoms. The molecule has 24 heavy (non-hydrogen) atoms. The van der Waals surface area contributed by atoms with E-state index in [4.69, 9.17) is 9.15 Å². The van der Waals surface area contributed by atoms with E-state index < -0.39 is 12.0 Å². The molecule has 0 aromatic carbocycles. The lowest BCUT2D eigenvalue weighted by Gasteiger charge is -2.33. The minimum Gasteiger partial charge on any atom is -0.469 e. The van der Waals surface area contributed by atoms with Crippen molar-refractivity contribution in [3.05, 3.63) is 29.0 Å². The second kappa shape index (κ2) is 7.14. The first kappa shape index (κ1) is 16.7. The molecular formula is C16H19N3O4S. The number of piperazine rings is 1. The summed E-state index contributed by atoms with van der Waals surface area (Å²) in [6.45, 7) is 3.62. The van der Waals surface area contributed by atoms with Gasteiger partial charge in [0.1, 0.15) is 11.8 Å². The molecule has 1 amide bonds. The second-order valence-electron chi connectivity index (χ2n) is 5.61. The molecule has 7 nitrogen and oxygen atoms in total. The largest absolute Gasteiger partial charge is 0.469 e. The summed E-state index contributed by atoms with van der Waals surface area (Å²) in [6.07, 6.45) is 0.0384. The number of aryl methyl sites for hydroxylation is 1. The van der Waals surface area contributed by atoms with Crippen molar-refractivity contribution in [1.82, 2.24) is 15.2 Å². The summed E-state index contributed by atoms with van der Waals surface area (Å²) in [5, 5.41) is 5.55. The van der Waals surface area contributed by atoms with Crippen molar-refractivity contribution in [3.8, 4) is 10.8 Å². The first-order valence-corrected chi connectivity index (χ1v) is 8.54. The third-order valence-corrected chi connectivity index (χ3v) is 4.80. The van der Waals surface area contributed by atoms with Crippen molar-refractivity contribution < 1.29 is 18.7 Å². The molecule has 2 aromatic heterocycles. The smallest absolute Gasteiger partial charge is 0.307 e. The molecule has 8 heteroatoms. The molecule has 0 saturated carbocycles. The van der Waals surface area contributed by atoms with Crippen LogP contribution in [0.1, 0.15) is 17.9 Å². The number of hydrogen-bond acceptors (Lipinski definition) is 7. The quantitative estimate of drug-likeness (QED) is 0.825. The zero-order valence-corrected chi connectivity index (χ0v) is 14.4. The lowest BCUT2D eigenvalue weighted by molar-refractivity contribution is -0.146. The Kier molecular flexibility index (Phi) is 4.96. The van der Waals surface area contributed by atoms with Gasteiger partial charge in [-0.1, -0.05) is 0 Å². The topological polar surface area (TPSA) is 84.7 Å². The van der Waals surface area contributed by atoms with Crippen molar-refractivity contribution in [3.63, 3.8) is 0 Å². The Morgan fingerprint density at radius 3 is 3.08 bits per heavy atom. The van der Waals surface area contributed by atoms with Crippen molar-refractivity contribution in [2.75, 3.05) is 20.2 Å². The highest BCUT2D eigenvalue weighted by Crippen LogP contribution is 2.26. The number of aromatic nitrogens is 1. The number of thiazole rings is 1. The molecule has 128 valence electrons. The Labute approximate surface area is 143 Å². The third-order valence-electron chi connectivity index (χ3n) is 3.90. The van der Waals surface area contributed by atoms with Crippen LogP contribution in [0.25, 0.3) is 10.8 Å². The van der Waals surface area contributed by atoms with Crippen molar-refractivity contribution in [2.45, 2.75) is 25.9 Å². The number of nitrogens with zero attached hydrogens (tertiary/aromatic N) is 2. The molecule has 1 saturated heterocycles. The predicted molar refractivity (Wildman–Crippen MR) is 88.4 cm³/mol. The molecule has 0 unspecified atom stereocenters. The van der Waals surface area contributed by atoms with E-state index >= 15 is 0 Å². The van der Waals surface area contributed by atoms with Gasteiger partial charge in [0.05, 0.1) is 19.2 Å². The van der Waals surface area contributed by atoms with Gasteiger partial charge in [-0.15, -0.1) is 11.3 Å². The third kappa shape index (κ3) is 3.65. The van der Waals surface area contributed by atoms with Crippen LogP contribution in [0, 0.1) is 6.92 Å². The summed E-state index contributed by atoms with van der Waals surface area (Å²) < 4.78 is 10.3.